The molecule has 3 aromatic rings. The molecule has 2 unspecified atom stereocenters. The van der Waals surface area contributed by atoms with Crippen molar-refractivity contribution < 1.29 is 23.2 Å². The number of aromatic nitrogens is 3. The largest absolute Gasteiger partial charge is 0.466 e. The maximum absolute atomic E-state index is 13.5. The summed E-state index contributed by atoms with van der Waals surface area (Å²) in [7, 11) is 0. The van der Waals surface area contributed by atoms with Gasteiger partial charge in [-0.1, -0.05) is 5.16 Å². The number of carbonyl (C=O) groups is 2. The van der Waals surface area contributed by atoms with Gasteiger partial charge in [-0.2, -0.15) is 4.98 Å². The van der Waals surface area contributed by atoms with Gasteiger partial charge in [0, 0.05) is 31.7 Å². The number of amides is 1. The standard InChI is InChI=1S/C25H28FN5O4/c1-2-34-25(33)18-6-4-12-31(14-18)24(32)17-5-3-11-30(13-17)22-20-21(16-7-9-19(26)10-8-16)29-35-23(20)28-15-27-22/h7-10,15,17-18H,2-6,11-14H2,1H3. The van der Waals surface area contributed by atoms with Crippen LogP contribution in [0.4, 0.5) is 10.2 Å². The lowest BCUT2D eigenvalue weighted by atomic mass is 9.93. The van der Waals surface area contributed by atoms with Gasteiger partial charge in [-0.15, -0.1) is 0 Å². The van der Waals surface area contributed by atoms with Crippen molar-refractivity contribution in [1.29, 1.82) is 0 Å². The van der Waals surface area contributed by atoms with Gasteiger partial charge in [0.25, 0.3) is 5.71 Å². The molecule has 5 rings (SSSR count). The Kier molecular flexibility index (Phi) is 6.61. The Balaban J connectivity index is 1.37. The molecule has 2 aliphatic rings. The number of fused-ring (bicyclic) bond motifs is 1. The molecule has 35 heavy (non-hydrogen) atoms. The fourth-order valence-electron chi connectivity index (χ4n) is 5.08. The molecule has 1 amide bonds. The summed E-state index contributed by atoms with van der Waals surface area (Å²) in [5, 5.41) is 4.82. The van der Waals surface area contributed by atoms with Crippen LogP contribution in [0, 0.1) is 17.7 Å². The van der Waals surface area contributed by atoms with E-state index in [0.29, 0.717) is 54.4 Å². The maximum Gasteiger partial charge on any atom is 0.310 e. The van der Waals surface area contributed by atoms with Crippen molar-refractivity contribution in [3.63, 3.8) is 0 Å². The lowest BCUT2D eigenvalue weighted by Crippen LogP contribution is -2.49. The van der Waals surface area contributed by atoms with Gasteiger partial charge in [0.1, 0.15) is 29.0 Å². The van der Waals surface area contributed by atoms with Crippen LogP contribution in [0.1, 0.15) is 32.6 Å². The summed E-state index contributed by atoms with van der Waals surface area (Å²) in [4.78, 5) is 38.3. The first kappa shape index (κ1) is 23.2. The number of piperidine rings is 2. The molecule has 9 nitrogen and oxygen atoms in total. The second-order valence-corrected chi connectivity index (χ2v) is 9.08. The van der Waals surface area contributed by atoms with Crippen molar-refractivity contribution in [1.82, 2.24) is 20.0 Å². The monoisotopic (exact) mass is 481 g/mol. The van der Waals surface area contributed by atoms with Crippen molar-refractivity contribution in [2.24, 2.45) is 11.8 Å². The van der Waals surface area contributed by atoms with Crippen LogP contribution in [-0.2, 0) is 14.3 Å². The average Bonchev–Trinajstić information content (AvgIpc) is 3.33. The predicted octanol–water partition coefficient (Wildman–Crippen LogP) is 3.44. The van der Waals surface area contributed by atoms with Crippen molar-refractivity contribution in [2.45, 2.75) is 32.6 Å². The maximum atomic E-state index is 13.5. The molecule has 2 atom stereocenters. The van der Waals surface area contributed by atoms with Gasteiger partial charge in [-0.25, -0.2) is 9.37 Å². The molecule has 0 bridgehead atoms. The van der Waals surface area contributed by atoms with E-state index in [1.54, 1.807) is 19.1 Å². The molecule has 0 saturated carbocycles. The number of hydrogen-bond acceptors (Lipinski definition) is 8. The normalized spacial score (nSPS) is 20.7. The highest BCUT2D eigenvalue weighted by Gasteiger charge is 2.35. The van der Waals surface area contributed by atoms with Gasteiger partial charge >= 0.3 is 5.97 Å². The molecule has 10 heteroatoms. The van der Waals surface area contributed by atoms with Crippen molar-refractivity contribution in [3.05, 3.63) is 36.4 Å². The van der Waals surface area contributed by atoms with Crippen LogP contribution in [0.15, 0.2) is 35.1 Å². The zero-order valence-corrected chi connectivity index (χ0v) is 19.7. The SMILES string of the molecule is CCOC(=O)C1CCCN(C(=O)C2CCCN(c3ncnc4onc(-c5ccc(F)cc5)c34)C2)C1. The Morgan fingerprint density at radius 3 is 2.66 bits per heavy atom. The molecule has 2 fully saturated rings. The lowest BCUT2D eigenvalue weighted by Gasteiger charge is -2.38. The third kappa shape index (κ3) is 4.69. The zero-order chi connectivity index (χ0) is 24.4. The summed E-state index contributed by atoms with van der Waals surface area (Å²) >= 11 is 0. The summed E-state index contributed by atoms with van der Waals surface area (Å²) in [6.07, 6.45) is 4.57. The van der Waals surface area contributed by atoms with E-state index in [4.69, 9.17) is 9.26 Å². The number of ether oxygens (including phenoxy) is 1. The second kappa shape index (κ2) is 9.97. The molecule has 1 aromatic carbocycles. The second-order valence-electron chi connectivity index (χ2n) is 9.08. The summed E-state index contributed by atoms with van der Waals surface area (Å²) in [6, 6.07) is 6.03. The molecule has 184 valence electrons. The number of halogens is 1. The zero-order valence-electron chi connectivity index (χ0n) is 19.7. The fourth-order valence-corrected chi connectivity index (χ4v) is 5.08. The highest BCUT2D eigenvalue weighted by Crippen LogP contribution is 2.35. The van der Waals surface area contributed by atoms with Crippen molar-refractivity contribution in [3.8, 4) is 11.3 Å². The van der Waals surface area contributed by atoms with Gasteiger partial charge in [-0.3, -0.25) is 9.59 Å². The molecule has 0 N–H and O–H groups in total. The Bertz CT molecular complexity index is 1210. The summed E-state index contributed by atoms with van der Waals surface area (Å²) in [6.45, 7) is 4.43. The van der Waals surface area contributed by atoms with E-state index in [1.807, 2.05) is 4.90 Å². The smallest absolute Gasteiger partial charge is 0.310 e. The van der Waals surface area contributed by atoms with E-state index in [-0.39, 0.29) is 29.5 Å². The average molecular weight is 482 g/mol. The number of anilines is 1. The minimum atomic E-state index is -0.335. The van der Waals surface area contributed by atoms with Gasteiger partial charge in [-0.05, 0) is 56.9 Å². The van der Waals surface area contributed by atoms with Crippen LogP contribution < -0.4 is 4.90 Å². The van der Waals surface area contributed by atoms with Crippen molar-refractivity contribution in [2.75, 3.05) is 37.7 Å². The minimum Gasteiger partial charge on any atom is -0.466 e. The molecule has 4 heterocycles. The Labute approximate surface area is 202 Å². The molecular weight excluding hydrogens is 453 g/mol. The van der Waals surface area contributed by atoms with Crippen LogP contribution in [0.2, 0.25) is 0 Å². The topological polar surface area (TPSA) is 102 Å². The van der Waals surface area contributed by atoms with E-state index < -0.39 is 0 Å². The third-order valence-corrected chi connectivity index (χ3v) is 6.79. The minimum absolute atomic E-state index is 0.0677. The summed E-state index contributed by atoms with van der Waals surface area (Å²) in [5.74, 6) is -0.306. The Hall–Kier alpha value is -3.56. The van der Waals surface area contributed by atoms with E-state index >= 15 is 0 Å². The summed E-state index contributed by atoms with van der Waals surface area (Å²) in [5.41, 5.74) is 1.58. The van der Waals surface area contributed by atoms with Gasteiger partial charge < -0.3 is 19.1 Å². The first-order valence-electron chi connectivity index (χ1n) is 12.1. The molecule has 0 spiro atoms. The third-order valence-electron chi connectivity index (χ3n) is 6.79. The van der Waals surface area contributed by atoms with Gasteiger partial charge in [0.05, 0.1) is 18.4 Å². The predicted molar refractivity (Wildman–Crippen MR) is 126 cm³/mol. The number of nitrogens with zero attached hydrogens (tertiary/aromatic N) is 5. The Morgan fingerprint density at radius 2 is 1.86 bits per heavy atom. The number of benzene rings is 1. The lowest BCUT2D eigenvalue weighted by molar-refractivity contribution is -0.152. The van der Waals surface area contributed by atoms with Crippen LogP contribution in [-0.4, -0.2) is 64.7 Å². The number of esters is 1. The number of rotatable bonds is 5. The number of hydrogen-bond donors (Lipinski definition) is 0. The van der Waals surface area contributed by atoms with Crippen LogP contribution >= 0.6 is 0 Å². The first-order chi connectivity index (χ1) is 17.0. The molecule has 2 saturated heterocycles. The number of carbonyl (C=O) groups excluding carboxylic acids is 2. The molecular formula is C25H28FN5O4. The van der Waals surface area contributed by atoms with Crippen molar-refractivity contribution >= 4 is 28.8 Å². The Morgan fingerprint density at radius 1 is 1.09 bits per heavy atom. The number of likely N-dealkylation sites (tertiary alicyclic amines) is 1. The van der Waals surface area contributed by atoms with Gasteiger partial charge in [0.15, 0.2) is 0 Å². The van der Waals surface area contributed by atoms with Crippen LogP contribution in [0.3, 0.4) is 0 Å². The summed E-state index contributed by atoms with van der Waals surface area (Å²) < 4.78 is 24.1. The van der Waals surface area contributed by atoms with E-state index in [9.17, 15) is 14.0 Å². The van der Waals surface area contributed by atoms with Crippen LogP contribution in [0.25, 0.3) is 22.4 Å². The highest BCUT2D eigenvalue weighted by atomic mass is 19.1. The fraction of sp³-hybridized carbons (Fsp3) is 0.480. The molecule has 0 aliphatic carbocycles. The quantitative estimate of drug-likeness (QED) is 0.511. The molecule has 2 aromatic heterocycles. The molecule has 2 aliphatic heterocycles. The molecule has 0 radical (unpaired) electrons. The van der Waals surface area contributed by atoms with Gasteiger partial charge in [0.2, 0.25) is 5.91 Å². The van der Waals surface area contributed by atoms with E-state index in [0.717, 1.165) is 32.2 Å². The highest BCUT2D eigenvalue weighted by molar-refractivity contribution is 5.98. The van der Waals surface area contributed by atoms with E-state index in [2.05, 4.69) is 20.0 Å². The van der Waals surface area contributed by atoms with E-state index in [1.165, 1.54) is 18.5 Å². The first-order valence-corrected chi connectivity index (χ1v) is 12.1. The van der Waals surface area contributed by atoms with Crippen LogP contribution in [0.5, 0.6) is 0 Å².